The van der Waals surface area contributed by atoms with Gasteiger partial charge in [-0.2, -0.15) is 0 Å². The van der Waals surface area contributed by atoms with Gasteiger partial charge in [0.05, 0.1) is 18.8 Å². The second-order valence-electron chi connectivity index (χ2n) is 6.78. The monoisotopic (exact) mass is 323 g/mol. The minimum absolute atomic E-state index is 0.0934. The summed E-state index contributed by atoms with van der Waals surface area (Å²) in [6, 6.07) is 18.9. The van der Waals surface area contributed by atoms with Crippen molar-refractivity contribution >= 4 is 21.5 Å². The Morgan fingerprint density at radius 3 is 1.83 bits per heavy atom. The van der Waals surface area contributed by atoms with E-state index < -0.39 is 5.54 Å². The van der Waals surface area contributed by atoms with Gasteiger partial charge >= 0.3 is 0 Å². The van der Waals surface area contributed by atoms with Crippen molar-refractivity contribution in [3.05, 3.63) is 60.2 Å². The molecular weight excluding hydrogens is 298 g/mol. The van der Waals surface area contributed by atoms with Crippen molar-refractivity contribution in [2.24, 2.45) is 5.92 Å². The molecule has 3 rings (SSSR count). The van der Waals surface area contributed by atoms with E-state index >= 15 is 0 Å². The van der Waals surface area contributed by atoms with Crippen LogP contribution in [0.4, 0.5) is 0 Å². The molecule has 3 nitrogen and oxygen atoms in total. The molecule has 0 aliphatic rings. The normalized spacial score (nSPS) is 12.4. The van der Waals surface area contributed by atoms with Crippen LogP contribution in [0, 0.1) is 5.92 Å². The minimum atomic E-state index is -0.682. The first-order valence-electron chi connectivity index (χ1n) is 8.47. The van der Waals surface area contributed by atoms with Crippen LogP contribution in [0.1, 0.15) is 19.4 Å². The lowest BCUT2D eigenvalue weighted by atomic mass is 9.87. The lowest BCUT2D eigenvalue weighted by molar-refractivity contribution is 0.0552. The minimum Gasteiger partial charge on any atom is -0.394 e. The number of aliphatic hydroxyl groups is 2. The van der Waals surface area contributed by atoms with Crippen molar-refractivity contribution < 1.29 is 10.2 Å². The molecule has 24 heavy (non-hydrogen) atoms. The van der Waals surface area contributed by atoms with Gasteiger partial charge in [-0.3, -0.25) is 0 Å². The molecule has 3 N–H and O–H groups in total. The number of hydrogen-bond acceptors (Lipinski definition) is 3. The Kier molecular flexibility index (Phi) is 4.86. The topological polar surface area (TPSA) is 52.5 Å². The fraction of sp³-hybridized carbons (Fsp3) is 0.333. The number of benzene rings is 3. The summed E-state index contributed by atoms with van der Waals surface area (Å²) >= 11 is 0. The average molecular weight is 323 g/mol. The Balaban J connectivity index is 2.10. The lowest BCUT2D eigenvalue weighted by Gasteiger charge is -2.35. The van der Waals surface area contributed by atoms with Crippen molar-refractivity contribution in [1.29, 1.82) is 0 Å². The highest BCUT2D eigenvalue weighted by Gasteiger charge is 2.32. The molecule has 0 radical (unpaired) electrons. The Labute approximate surface area is 142 Å². The van der Waals surface area contributed by atoms with Gasteiger partial charge in [0.1, 0.15) is 0 Å². The summed E-state index contributed by atoms with van der Waals surface area (Å²) in [6.45, 7) is 4.44. The fourth-order valence-corrected chi connectivity index (χ4v) is 3.29. The van der Waals surface area contributed by atoms with Gasteiger partial charge in [-0.1, -0.05) is 62.4 Å². The number of rotatable bonds is 6. The summed E-state index contributed by atoms with van der Waals surface area (Å²) in [5.74, 6) is 0.119. The number of fused-ring (bicyclic) bond motifs is 2. The van der Waals surface area contributed by atoms with Crippen molar-refractivity contribution in [2.75, 3.05) is 13.2 Å². The molecule has 0 bridgehead atoms. The molecule has 0 fully saturated rings. The van der Waals surface area contributed by atoms with E-state index in [1.54, 1.807) is 0 Å². The fourth-order valence-electron chi connectivity index (χ4n) is 3.29. The standard InChI is InChI=1S/C21H25NO2/c1-15(2)21(13-23,14-24)22-12-20-18-9-5-3-7-16(18)11-17-8-4-6-10-19(17)20/h3-11,15,22-24H,12-14H2,1-2H3. The van der Waals surface area contributed by atoms with E-state index in [2.05, 4.69) is 35.6 Å². The van der Waals surface area contributed by atoms with Crippen LogP contribution in [-0.2, 0) is 6.54 Å². The first-order chi connectivity index (χ1) is 11.6. The number of nitrogens with one attached hydrogen (secondary N) is 1. The maximum Gasteiger partial charge on any atom is 0.0673 e. The molecule has 0 saturated carbocycles. The summed E-state index contributed by atoms with van der Waals surface area (Å²) in [5.41, 5.74) is 0.522. The highest BCUT2D eigenvalue weighted by molar-refractivity contribution is 6.02. The van der Waals surface area contributed by atoms with E-state index in [1.165, 1.54) is 27.1 Å². The van der Waals surface area contributed by atoms with Crippen molar-refractivity contribution in [2.45, 2.75) is 25.9 Å². The van der Waals surface area contributed by atoms with Crippen LogP contribution in [0.25, 0.3) is 21.5 Å². The zero-order valence-corrected chi connectivity index (χ0v) is 14.3. The van der Waals surface area contributed by atoms with Gasteiger partial charge in [-0.15, -0.1) is 0 Å². The van der Waals surface area contributed by atoms with Crippen LogP contribution < -0.4 is 5.32 Å². The molecule has 0 atom stereocenters. The van der Waals surface area contributed by atoms with Crippen LogP contribution in [0.3, 0.4) is 0 Å². The zero-order chi connectivity index (χ0) is 17.2. The third-order valence-electron chi connectivity index (χ3n) is 5.17. The quantitative estimate of drug-likeness (QED) is 0.609. The van der Waals surface area contributed by atoms with Gasteiger partial charge in [0.15, 0.2) is 0 Å². The van der Waals surface area contributed by atoms with Crippen LogP contribution in [0.2, 0.25) is 0 Å². The van der Waals surface area contributed by atoms with Gasteiger partial charge in [0, 0.05) is 6.54 Å². The highest BCUT2D eigenvalue weighted by atomic mass is 16.3. The van der Waals surface area contributed by atoms with Gasteiger partial charge in [0.25, 0.3) is 0 Å². The van der Waals surface area contributed by atoms with E-state index in [4.69, 9.17) is 0 Å². The molecule has 0 aliphatic heterocycles. The third kappa shape index (κ3) is 2.91. The maximum atomic E-state index is 9.83. The molecule has 0 saturated heterocycles. The third-order valence-corrected chi connectivity index (χ3v) is 5.17. The molecule has 3 aromatic carbocycles. The Bertz CT molecular complexity index is 783. The smallest absolute Gasteiger partial charge is 0.0673 e. The number of aliphatic hydroxyl groups excluding tert-OH is 2. The molecular formula is C21H25NO2. The second kappa shape index (κ2) is 6.89. The van der Waals surface area contributed by atoms with Gasteiger partial charge in [0.2, 0.25) is 0 Å². The average Bonchev–Trinajstić information content (AvgIpc) is 2.61. The summed E-state index contributed by atoms with van der Waals surface area (Å²) in [4.78, 5) is 0. The maximum absolute atomic E-state index is 9.83. The largest absolute Gasteiger partial charge is 0.394 e. The van der Waals surface area contributed by atoms with E-state index in [0.717, 1.165) is 0 Å². The van der Waals surface area contributed by atoms with Crippen molar-refractivity contribution in [1.82, 2.24) is 5.32 Å². The lowest BCUT2D eigenvalue weighted by Crippen LogP contribution is -2.55. The summed E-state index contributed by atoms with van der Waals surface area (Å²) in [7, 11) is 0. The zero-order valence-electron chi connectivity index (χ0n) is 14.3. The van der Waals surface area contributed by atoms with E-state index in [0.29, 0.717) is 6.54 Å². The second-order valence-corrected chi connectivity index (χ2v) is 6.78. The van der Waals surface area contributed by atoms with Crippen molar-refractivity contribution in [3.8, 4) is 0 Å². The first-order valence-corrected chi connectivity index (χ1v) is 8.47. The summed E-state index contributed by atoms with van der Waals surface area (Å²) in [5, 5.41) is 27.9. The highest BCUT2D eigenvalue weighted by Crippen LogP contribution is 2.29. The first kappa shape index (κ1) is 16.9. The van der Waals surface area contributed by atoms with E-state index in [-0.39, 0.29) is 19.1 Å². The molecule has 3 aromatic rings. The Morgan fingerprint density at radius 2 is 1.38 bits per heavy atom. The SMILES string of the molecule is CC(C)C(CO)(CO)NCc1c2ccccc2cc2ccccc12. The Morgan fingerprint density at radius 1 is 0.875 bits per heavy atom. The predicted octanol–water partition coefficient (Wildman–Crippen LogP) is 3.46. The van der Waals surface area contributed by atoms with Gasteiger partial charge in [-0.25, -0.2) is 0 Å². The summed E-state index contributed by atoms with van der Waals surface area (Å²) in [6.07, 6.45) is 0. The van der Waals surface area contributed by atoms with E-state index in [9.17, 15) is 10.2 Å². The van der Waals surface area contributed by atoms with Gasteiger partial charge < -0.3 is 15.5 Å². The molecule has 126 valence electrons. The molecule has 3 heteroatoms. The molecule has 0 spiro atoms. The molecule has 0 amide bonds. The molecule has 0 heterocycles. The van der Waals surface area contributed by atoms with Crippen LogP contribution in [0.5, 0.6) is 0 Å². The molecule has 0 aliphatic carbocycles. The predicted molar refractivity (Wildman–Crippen MR) is 100 cm³/mol. The molecule has 0 aromatic heterocycles. The van der Waals surface area contributed by atoms with Crippen LogP contribution >= 0.6 is 0 Å². The van der Waals surface area contributed by atoms with E-state index in [1.807, 2.05) is 38.1 Å². The number of hydrogen-bond donors (Lipinski definition) is 3. The molecule has 0 unspecified atom stereocenters. The van der Waals surface area contributed by atoms with Crippen LogP contribution in [0.15, 0.2) is 54.6 Å². The van der Waals surface area contributed by atoms with Crippen molar-refractivity contribution in [3.63, 3.8) is 0 Å². The Hall–Kier alpha value is -1.94. The summed E-state index contributed by atoms with van der Waals surface area (Å²) < 4.78 is 0. The van der Waals surface area contributed by atoms with Gasteiger partial charge in [-0.05, 0) is 39.1 Å². The van der Waals surface area contributed by atoms with Crippen LogP contribution in [-0.4, -0.2) is 29.0 Å².